The first-order chi connectivity index (χ1) is 18.2. The van der Waals surface area contributed by atoms with Crippen LogP contribution >= 0.6 is 11.3 Å². The number of amides is 1. The van der Waals surface area contributed by atoms with Gasteiger partial charge >= 0.3 is 6.09 Å². The fourth-order valence-electron chi connectivity index (χ4n) is 3.49. The summed E-state index contributed by atoms with van der Waals surface area (Å²) >= 11 is 1.59. The molecule has 2 N–H and O–H groups in total. The largest absolute Gasteiger partial charge is 0.465 e. The maximum absolute atomic E-state index is 12.4. The van der Waals surface area contributed by atoms with Gasteiger partial charge in [0, 0.05) is 25.9 Å². The summed E-state index contributed by atoms with van der Waals surface area (Å²) in [5, 5.41) is 7.04. The predicted octanol–water partition coefficient (Wildman–Crippen LogP) is 6.89. The van der Waals surface area contributed by atoms with Crippen molar-refractivity contribution in [1.82, 2.24) is 4.98 Å². The van der Waals surface area contributed by atoms with Crippen molar-refractivity contribution in [3.05, 3.63) is 46.5 Å². The van der Waals surface area contributed by atoms with Gasteiger partial charge in [-0.3, -0.25) is 5.32 Å². The first-order valence-corrected chi connectivity index (χ1v) is 13.2. The molecule has 0 radical (unpaired) electrons. The van der Waals surface area contributed by atoms with Crippen LogP contribution < -0.4 is 15.4 Å². The summed E-state index contributed by atoms with van der Waals surface area (Å²) in [5.41, 5.74) is 3.79. The number of hydrogen-bond donors (Lipinski definition) is 2. The maximum Gasteiger partial charge on any atom is 0.412 e. The van der Waals surface area contributed by atoms with Gasteiger partial charge in [-0.15, -0.1) is 11.3 Å². The summed E-state index contributed by atoms with van der Waals surface area (Å²) in [4.78, 5) is 17.1. The Morgan fingerprint density at radius 3 is 2.68 bits per heavy atom. The number of alkyl halides is 1. The topological polar surface area (TPSA) is 90.9 Å². The van der Waals surface area contributed by atoms with Gasteiger partial charge in [-0.25, -0.2) is 14.2 Å². The van der Waals surface area contributed by atoms with Crippen LogP contribution in [0.4, 0.5) is 20.6 Å². The molecule has 38 heavy (non-hydrogen) atoms. The fraction of sp³-hybridized carbons (Fsp3) is 0.429. The summed E-state index contributed by atoms with van der Waals surface area (Å²) in [6, 6.07) is 9.64. The van der Waals surface area contributed by atoms with Gasteiger partial charge in [0.05, 0.1) is 22.5 Å². The smallest absolute Gasteiger partial charge is 0.412 e. The molecule has 0 bridgehead atoms. The first-order valence-electron chi connectivity index (χ1n) is 12.4. The first kappa shape index (κ1) is 29.3. The van der Waals surface area contributed by atoms with E-state index in [1.54, 1.807) is 38.2 Å². The molecule has 0 saturated carbocycles. The third-order valence-electron chi connectivity index (χ3n) is 5.14. The van der Waals surface area contributed by atoms with Crippen molar-refractivity contribution in [3.8, 4) is 5.75 Å². The van der Waals surface area contributed by atoms with Crippen molar-refractivity contribution in [1.29, 1.82) is 0 Å². The number of rotatable bonds is 13. The van der Waals surface area contributed by atoms with E-state index in [4.69, 9.17) is 23.9 Å². The molecule has 0 saturated heterocycles. The summed E-state index contributed by atoms with van der Waals surface area (Å²) < 4.78 is 34.3. The quantitative estimate of drug-likeness (QED) is 0.178. The lowest BCUT2D eigenvalue weighted by Crippen LogP contribution is -2.27. The molecule has 1 heterocycles. The number of halogens is 1. The molecule has 0 aliphatic carbocycles. The SMILES string of the molecule is COCOc1ccc(/C=C/c2nc3cc(C)c(NCCCOCCF)cc3s2)cc1NC(=O)OC(C)(C)C. The van der Waals surface area contributed by atoms with E-state index in [1.807, 2.05) is 31.2 Å². The molecule has 206 valence electrons. The molecule has 3 rings (SSSR count). The highest BCUT2D eigenvalue weighted by molar-refractivity contribution is 7.19. The van der Waals surface area contributed by atoms with Crippen molar-refractivity contribution in [2.24, 2.45) is 0 Å². The van der Waals surface area contributed by atoms with Crippen LogP contribution in [0.1, 0.15) is 43.3 Å². The summed E-state index contributed by atoms with van der Waals surface area (Å²) in [6.45, 7) is 8.47. The molecule has 2 aromatic carbocycles. The van der Waals surface area contributed by atoms with Gasteiger partial charge in [-0.2, -0.15) is 0 Å². The molecular formula is C28H36FN3O5S. The number of ether oxygens (including phenoxy) is 4. The molecule has 8 nitrogen and oxygen atoms in total. The van der Waals surface area contributed by atoms with E-state index in [1.165, 1.54) is 7.11 Å². The Hall–Kier alpha value is -3.21. The number of aromatic nitrogens is 1. The number of fused-ring (bicyclic) bond motifs is 1. The Labute approximate surface area is 227 Å². The van der Waals surface area contributed by atoms with Gasteiger partial charge < -0.3 is 24.3 Å². The Kier molecular flexibility index (Phi) is 10.9. The van der Waals surface area contributed by atoms with Crippen molar-refractivity contribution in [2.75, 3.05) is 51.0 Å². The lowest BCUT2D eigenvalue weighted by Gasteiger charge is -2.20. The molecule has 3 aromatic rings. The van der Waals surface area contributed by atoms with Crippen LogP contribution in [0.3, 0.4) is 0 Å². The van der Waals surface area contributed by atoms with Crippen LogP contribution in [0.5, 0.6) is 5.75 Å². The lowest BCUT2D eigenvalue weighted by molar-refractivity contribution is 0.0509. The number of carbonyl (C=O) groups is 1. The predicted molar refractivity (Wildman–Crippen MR) is 152 cm³/mol. The van der Waals surface area contributed by atoms with E-state index >= 15 is 0 Å². The summed E-state index contributed by atoms with van der Waals surface area (Å²) in [7, 11) is 1.53. The maximum atomic E-state index is 12.4. The molecule has 0 spiro atoms. The van der Waals surface area contributed by atoms with Gasteiger partial charge in [-0.1, -0.05) is 12.1 Å². The van der Waals surface area contributed by atoms with E-state index in [9.17, 15) is 9.18 Å². The summed E-state index contributed by atoms with van der Waals surface area (Å²) in [5.74, 6) is 0.472. The van der Waals surface area contributed by atoms with Crippen LogP contribution in [0.15, 0.2) is 30.3 Å². The molecule has 0 aliphatic rings. The standard InChI is InChI=1S/C28H36FN3O5S/c1-19-15-23-25(17-21(19)30-12-6-13-35-14-11-29)38-26(31-23)10-8-20-7-9-24(36-18-34-5)22(16-20)32-27(33)37-28(2,3)4/h7-10,15-17,30H,6,11-14,18H2,1-5H3,(H,32,33)/b10-8+. The van der Waals surface area contributed by atoms with Crippen LogP contribution in [-0.4, -0.2) is 57.0 Å². The van der Waals surface area contributed by atoms with Gasteiger partial charge in [0.2, 0.25) is 0 Å². The number of hydrogen-bond acceptors (Lipinski definition) is 8. The molecule has 0 atom stereocenters. The fourth-order valence-corrected chi connectivity index (χ4v) is 4.38. The Morgan fingerprint density at radius 1 is 1.13 bits per heavy atom. The van der Waals surface area contributed by atoms with Gasteiger partial charge in [0.15, 0.2) is 6.79 Å². The van der Waals surface area contributed by atoms with Crippen LogP contribution in [-0.2, 0) is 14.2 Å². The minimum Gasteiger partial charge on any atom is -0.465 e. The third kappa shape index (κ3) is 9.27. The highest BCUT2D eigenvalue weighted by atomic mass is 32.1. The van der Waals surface area contributed by atoms with E-state index < -0.39 is 18.4 Å². The average molecular weight is 546 g/mol. The number of thiazole rings is 1. The van der Waals surface area contributed by atoms with Crippen molar-refractivity contribution in [2.45, 2.75) is 39.7 Å². The Balaban J connectivity index is 1.72. The lowest BCUT2D eigenvalue weighted by atomic mass is 10.1. The Bertz CT molecular complexity index is 1240. The molecule has 0 fully saturated rings. The van der Waals surface area contributed by atoms with Gasteiger partial charge in [-0.05, 0) is 75.6 Å². The average Bonchev–Trinajstić information content (AvgIpc) is 3.24. The zero-order valence-corrected chi connectivity index (χ0v) is 23.4. The van der Waals surface area contributed by atoms with Crippen molar-refractivity contribution >= 4 is 51.2 Å². The number of anilines is 2. The Morgan fingerprint density at radius 2 is 1.95 bits per heavy atom. The number of methoxy groups -OCH3 is 1. The van der Waals surface area contributed by atoms with Crippen LogP contribution in [0.25, 0.3) is 22.4 Å². The van der Waals surface area contributed by atoms with Crippen molar-refractivity contribution < 1.29 is 28.1 Å². The molecule has 1 amide bonds. The second-order valence-corrected chi connectivity index (χ2v) is 10.6. The van der Waals surface area contributed by atoms with E-state index in [0.717, 1.165) is 45.0 Å². The number of carbonyl (C=O) groups excluding carboxylic acids is 1. The molecule has 0 aliphatic heterocycles. The van der Waals surface area contributed by atoms with Gasteiger partial charge in [0.1, 0.15) is 23.0 Å². The second-order valence-electron chi connectivity index (χ2n) is 9.54. The van der Waals surface area contributed by atoms with E-state index in [-0.39, 0.29) is 13.4 Å². The minimum absolute atomic E-state index is 0.0487. The van der Waals surface area contributed by atoms with Crippen LogP contribution in [0, 0.1) is 6.92 Å². The molecular weight excluding hydrogens is 509 g/mol. The number of aryl methyl sites for hydroxylation is 1. The van der Waals surface area contributed by atoms with Crippen LogP contribution in [0.2, 0.25) is 0 Å². The zero-order valence-electron chi connectivity index (χ0n) is 22.6. The van der Waals surface area contributed by atoms with E-state index in [0.29, 0.717) is 18.0 Å². The highest BCUT2D eigenvalue weighted by Crippen LogP contribution is 2.31. The second kappa shape index (κ2) is 14.1. The molecule has 10 heteroatoms. The molecule has 0 unspecified atom stereocenters. The zero-order chi connectivity index (χ0) is 27.5. The van der Waals surface area contributed by atoms with Crippen molar-refractivity contribution in [3.63, 3.8) is 0 Å². The number of nitrogens with one attached hydrogen (secondary N) is 2. The number of nitrogens with zero attached hydrogens (tertiary/aromatic N) is 1. The highest BCUT2D eigenvalue weighted by Gasteiger charge is 2.18. The monoisotopic (exact) mass is 545 g/mol. The van der Waals surface area contributed by atoms with E-state index in [2.05, 4.69) is 22.8 Å². The molecule has 1 aromatic heterocycles. The van der Waals surface area contributed by atoms with Gasteiger partial charge in [0.25, 0.3) is 0 Å². The normalized spacial score (nSPS) is 11.7. The summed E-state index contributed by atoms with van der Waals surface area (Å²) in [6.07, 6.45) is 4.10. The minimum atomic E-state index is -0.625. The number of benzene rings is 2. The third-order valence-corrected chi connectivity index (χ3v) is 6.13.